The average molecular weight is 259 g/mol. The van der Waals surface area contributed by atoms with Crippen molar-refractivity contribution < 1.29 is 5.11 Å². The maximum atomic E-state index is 8.71. The number of alkyl halides is 1. The van der Waals surface area contributed by atoms with E-state index in [1.165, 1.54) is 12.8 Å². The Kier molecular flexibility index (Phi) is 8.63. The van der Waals surface area contributed by atoms with Gasteiger partial charge in [-0.15, -0.1) is 11.6 Å². The molecule has 0 fully saturated rings. The van der Waals surface area contributed by atoms with Crippen LogP contribution in [0.2, 0.25) is 0 Å². The van der Waals surface area contributed by atoms with E-state index in [4.69, 9.17) is 16.7 Å². The molecule has 0 saturated heterocycles. The van der Waals surface area contributed by atoms with Gasteiger partial charge in [0.1, 0.15) is 0 Å². The molecule has 0 bridgehead atoms. The Balaban J connectivity index is 3.73. The fraction of sp³-hybridized carbons (Fsp3) is 0.733. The Morgan fingerprint density at radius 1 is 1.41 bits per heavy atom. The molecular weight excluding hydrogens is 232 g/mol. The summed E-state index contributed by atoms with van der Waals surface area (Å²) in [5, 5.41) is 8.71. The summed E-state index contributed by atoms with van der Waals surface area (Å²) in [5.74, 6) is 0.701. The highest BCUT2D eigenvalue weighted by molar-refractivity contribution is 6.23. The largest absolute Gasteiger partial charge is 0.392 e. The van der Waals surface area contributed by atoms with Crippen molar-refractivity contribution in [1.82, 2.24) is 0 Å². The number of hydrogen-bond donors (Lipinski definition) is 1. The van der Waals surface area contributed by atoms with Crippen molar-refractivity contribution in [1.29, 1.82) is 0 Å². The first-order valence-electron chi connectivity index (χ1n) is 6.48. The van der Waals surface area contributed by atoms with Gasteiger partial charge in [-0.3, -0.25) is 0 Å². The molecule has 0 aromatic rings. The van der Waals surface area contributed by atoms with Crippen LogP contribution in [0.1, 0.15) is 53.4 Å². The summed E-state index contributed by atoms with van der Waals surface area (Å²) in [7, 11) is 0. The molecule has 1 atom stereocenters. The average Bonchev–Trinajstić information content (AvgIpc) is 2.16. The van der Waals surface area contributed by atoms with Crippen LogP contribution in [0.3, 0.4) is 0 Å². The summed E-state index contributed by atoms with van der Waals surface area (Å²) in [6.45, 7) is 8.55. The summed E-state index contributed by atoms with van der Waals surface area (Å²) in [5.41, 5.74) is 1.13. The quantitative estimate of drug-likeness (QED) is 0.494. The summed E-state index contributed by atoms with van der Waals surface area (Å²) in [6.07, 6.45) is 10.7. The summed E-state index contributed by atoms with van der Waals surface area (Å²) in [6, 6.07) is 0. The molecule has 0 aromatic carbocycles. The Bertz CT molecular complexity index is 248. The van der Waals surface area contributed by atoms with E-state index in [1.54, 1.807) is 0 Å². The monoisotopic (exact) mass is 258 g/mol. The van der Waals surface area contributed by atoms with Gasteiger partial charge in [0.05, 0.1) is 6.61 Å². The van der Waals surface area contributed by atoms with Gasteiger partial charge in [-0.2, -0.15) is 0 Å². The molecule has 0 rings (SSSR count). The van der Waals surface area contributed by atoms with Crippen molar-refractivity contribution in [2.75, 3.05) is 6.61 Å². The molecule has 100 valence electrons. The zero-order valence-electron chi connectivity index (χ0n) is 11.7. The van der Waals surface area contributed by atoms with Gasteiger partial charge in [0, 0.05) is 4.87 Å². The highest BCUT2D eigenvalue weighted by Crippen LogP contribution is 2.23. The minimum atomic E-state index is -0.0595. The van der Waals surface area contributed by atoms with Crippen molar-refractivity contribution in [2.45, 2.75) is 58.3 Å². The minimum Gasteiger partial charge on any atom is -0.392 e. The van der Waals surface area contributed by atoms with Crippen LogP contribution in [-0.2, 0) is 0 Å². The maximum Gasteiger partial charge on any atom is 0.0617 e. The Hall–Kier alpha value is -0.270. The van der Waals surface area contributed by atoms with E-state index in [1.807, 2.05) is 13.0 Å². The number of allylic oxidation sites excluding steroid dienone is 3. The number of aliphatic hydroxyl groups is 1. The van der Waals surface area contributed by atoms with Gasteiger partial charge < -0.3 is 5.11 Å². The second kappa shape index (κ2) is 8.77. The van der Waals surface area contributed by atoms with Gasteiger partial charge >= 0.3 is 0 Å². The van der Waals surface area contributed by atoms with Gasteiger partial charge in [0.15, 0.2) is 0 Å². The summed E-state index contributed by atoms with van der Waals surface area (Å²) >= 11 is 6.15. The zero-order valence-corrected chi connectivity index (χ0v) is 12.4. The normalized spacial score (nSPS) is 15.5. The summed E-state index contributed by atoms with van der Waals surface area (Å²) < 4.78 is 0. The van der Waals surface area contributed by atoms with E-state index in [2.05, 4.69) is 32.9 Å². The highest BCUT2D eigenvalue weighted by Gasteiger charge is 2.12. The predicted molar refractivity (Wildman–Crippen MR) is 77.5 cm³/mol. The fourth-order valence-electron chi connectivity index (χ4n) is 1.69. The van der Waals surface area contributed by atoms with Crippen molar-refractivity contribution in [3.63, 3.8) is 0 Å². The van der Waals surface area contributed by atoms with Gasteiger partial charge in [-0.25, -0.2) is 0 Å². The minimum absolute atomic E-state index is 0.0595. The Morgan fingerprint density at radius 2 is 2.06 bits per heavy atom. The van der Waals surface area contributed by atoms with Crippen molar-refractivity contribution in [2.24, 2.45) is 5.92 Å². The van der Waals surface area contributed by atoms with E-state index >= 15 is 0 Å². The Labute approximate surface area is 112 Å². The molecule has 0 aliphatic heterocycles. The SMILES string of the molecule is CC(C=CCC(C)CCCC(C)(C)Cl)=CCO. The van der Waals surface area contributed by atoms with E-state index in [0.717, 1.165) is 18.4 Å². The smallest absolute Gasteiger partial charge is 0.0617 e. The highest BCUT2D eigenvalue weighted by atomic mass is 35.5. The molecule has 0 radical (unpaired) electrons. The molecule has 17 heavy (non-hydrogen) atoms. The number of aliphatic hydroxyl groups excluding tert-OH is 1. The van der Waals surface area contributed by atoms with Crippen LogP contribution in [-0.4, -0.2) is 16.6 Å². The van der Waals surface area contributed by atoms with E-state index < -0.39 is 0 Å². The van der Waals surface area contributed by atoms with Crippen LogP contribution in [0, 0.1) is 5.92 Å². The second-order valence-electron chi connectivity index (χ2n) is 5.48. The molecule has 1 N–H and O–H groups in total. The van der Waals surface area contributed by atoms with Crippen molar-refractivity contribution in [3.8, 4) is 0 Å². The first-order valence-corrected chi connectivity index (χ1v) is 6.86. The fourth-order valence-corrected chi connectivity index (χ4v) is 1.82. The van der Waals surface area contributed by atoms with Crippen LogP contribution in [0.5, 0.6) is 0 Å². The lowest BCUT2D eigenvalue weighted by Crippen LogP contribution is -2.10. The predicted octanol–water partition coefficient (Wildman–Crippen LogP) is 4.70. The first-order chi connectivity index (χ1) is 7.85. The van der Waals surface area contributed by atoms with Crippen LogP contribution >= 0.6 is 11.6 Å². The van der Waals surface area contributed by atoms with Crippen molar-refractivity contribution >= 4 is 11.6 Å². The number of hydrogen-bond acceptors (Lipinski definition) is 1. The molecule has 2 heteroatoms. The zero-order chi connectivity index (χ0) is 13.3. The molecule has 0 aliphatic carbocycles. The maximum absolute atomic E-state index is 8.71. The van der Waals surface area contributed by atoms with Crippen molar-refractivity contribution in [3.05, 3.63) is 23.8 Å². The number of halogens is 1. The van der Waals surface area contributed by atoms with Crippen LogP contribution in [0.15, 0.2) is 23.8 Å². The molecule has 1 unspecified atom stereocenters. The van der Waals surface area contributed by atoms with Crippen LogP contribution in [0.25, 0.3) is 0 Å². The molecule has 0 spiro atoms. The lowest BCUT2D eigenvalue weighted by molar-refractivity contribution is 0.342. The second-order valence-corrected chi connectivity index (χ2v) is 6.51. The Morgan fingerprint density at radius 3 is 2.59 bits per heavy atom. The molecule has 0 amide bonds. The lowest BCUT2D eigenvalue weighted by Gasteiger charge is -2.16. The third kappa shape index (κ3) is 12.0. The first kappa shape index (κ1) is 16.7. The van der Waals surface area contributed by atoms with Crippen LogP contribution in [0.4, 0.5) is 0 Å². The van der Waals surface area contributed by atoms with E-state index in [9.17, 15) is 0 Å². The lowest BCUT2D eigenvalue weighted by atomic mass is 9.96. The molecule has 0 aliphatic rings. The standard InChI is InChI=1S/C15H27ClO/c1-13(9-6-11-15(3,4)16)7-5-8-14(2)10-12-17/h5,8,10,13,17H,6-7,9,11-12H2,1-4H3. The van der Waals surface area contributed by atoms with E-state index in [-0.39, 0.29) is 11.5 Å². The van der Waals surface area contributed by atoms with Gasteiger partial charge in [-0.1, -0.05) is 43.6 Å². The van der Waals surface area contributed by atoms with Crippen LogP contribution < -0.4 is 0 Å². The topological polar surface area (TPSA) is 20.2 Å². The number of rotatable bonds is 8. The molecule has 0 heterocycles. The third-order valence-corrected chi connectivity index (χ3v) is 2.99. The molecule has 0 saturated carbocycles. The molecule has 0 aromatic heterocycles. The van der Waals surface area contributed by atoms with Gasteiger partial charge in [-0.05, 0) is 39.5 Å². The van der Waals surface area contributed by atoms with Gasteiger partial charge in [0.2, 0.25) is 0 Å². The van der Waals surface area contributed by atoms with E-state index in [0.29, 0.717) is 5.92 Å². The molecular formula is C15H27ClO. The van der Waals surface area contributed by atoms with Gasteiger partial charge in [0.25, 0.3) is 0 Å². The summed E-state index contributed by atoms with van der Waals surface area (Å²) in [4.78, 5) is -0.0595. The third-order valence-electron chi connectivity index (χ3n) is 2.80. The molecule has 1 nitrogen and oxygen atoms in total.